The van der Waals surface area contributed by atoms with E-state index in [1.807, 2.05) is 0 Å². The summed E-state index contributed by atoms with van der Waals surface area (Å²) < 4.78 is 16.8. The van der Waals surface area contributed by atoms with Gasteiger partial charge in [-0.2, -0.15) is 0 Å². The number of nitrogens with zero attached hydrogens (tertiary/aromatic N) is 1. The molecule has 2 aromatic rings. The molecule has 0 unspecified atom stereocenters. The molecule has 0 fully saturated rings. The number of aromatic nitrogens is 1. The van der Waals surface area contributed by atoms with Crippen LogP contribution in [0, 0.1) is 4.84 Å². The summed E-state index contributed by atoms with van der Waals surface area (Å²) in [6.07, 6.45) is 0. The number of hydrogen-bond donors (Lipinski definition) is 2. The quantitative estimate of drug-likeness (QED) is 0.579. The van der Waals surface area contributed by atoms with Crippen LogP contribution in [0.5, 0.6) is 0 Å². The summed E-state index contributed by atoms with van der Waals surface area (Å²) in [7, 11) is -4.43. The minimum Gasteiger partial charge on any atom is -0.429 e. The molecule has 0 spiro atoms. The van der Waals surface area contributed by atoms with E-state index in [0.717, 1.165) is 0 Å². The second-order valence-electron chi connectivity index (χ2n) is 2.66. The highest BCUT2D eigenvalue weighted by atomic mass is 32.1. The zero-order valence-electron chi connectivity index (χ0n) is 6.82. The van der Waals surface area contributed by atoms with E-state index in [2.05, 4.69) is 0 Å². The fraction of sp³-hybridized carbons (Fsp3) is 0. The van der Waals surface area contributed by atoms with Crippen molar-refractivity contribution >= 4 is 31.1 Å². The smallest absolute Gasteiger partial charge is 0.429 e. The van der Waals surface area contributed by atoms with Crippen LogP contribution >= 0.6 is 20.0 Å². The van der Waals surface area contributed by atoms with E-state index in [1.54, 1.807) is 18.2 Å². The standard InChI is InChI=1S/C7H6NO4PS/c9-13(10,11)8-5-3-1-2-4-6(5)12-7(8)14/h1-4H,(H2,9,10,11). The fourth-order valence-corrected chi connectivity index (χ4v) is 2.41. The van der Waals surface area contributed by atoms with Gasteiger partial charge < -0.3 is 14.2 Å². The summed E-state index contributed by atoms with van der Waals surface area (Å²) >= 11 is 4.71. The van der Waals surface area contributed by atoms with E-state index in [-0.39, 0.29) is 4.84 Å². The zero-order valence-corrected chi connectivity index (χ0v) is 8.53. The molecule has 7 heteroatoms. The maximum atomic E-state index is 11.1. The first kappa shape index (κ1) is 9.61. The van der Waals surface area contributed by atoms with Crippen molar-refractivity contribution < 1.29 is 18.8 Å². The highest BCUT2D eigenvalue weighted by molar-refractivity contribution is 7.71. The number of rotatable bonds is 1. The highest BCUT2D eigenvalue weighted by Gasteiger charge is 2.22. The van der Waals surface area contributed by atoms with Gasteiger partial charge in [-0.3, -0.25) is 0 Å². The zero-order chi connectivity index (χ0) is 10.3. The molecule has 2 rings (SSSR count). The van der Waals surface area contributed by atoms with Gasteiger partial charge >= 0.3 is 7.75 Å². The van der Waals surface area contributed by atoms with Gasteiger partial charge in [-0.15, -0.1) is 0 Å². The third kappa shape index (κ3) is 1.42. The number of fused-ring (bicyclic) bond motifs is 1. The molecule has 0 bridgehead atoms. The van der Waals surface area contributed by atoms with E-state index in [4.69, 9.17) is 26.4 Å². The Hall–Kier alpha value is -0.940. The predicted octanol–water partition coefficient (Wildman–Crippen LogP) is 1.90. The lowest BCUT2D eigenvalue weighted by Gasteiger charge is -2.03. The molecule has 0 saturated carbocycles. The molecule has 1 aromatic carbocycles. The molecular formula is C7H6NO4PS. The second-order valence-corrected chi connectivity index (χ2v) is 4.44. The van der Waals surface area contributed by atoms with Gasteiger partial charge in [0.2, 0.25) is 0 Å². The van der Waals surface area contributed by atoms with Crippen LogP contribution < -0.4 is 0 Å². The Morgan fingerprint density at radius 1 is 1.36 bits per heavy atom. The molecule has 0 amide bonds. The second kappa shape index (κ2) is 3.03. The van der Waals surface area contributed by atoms with Crippen molar-refractivity contribution in [2.45, 2.75) is 0 Å². The van der Waals surface area contributed by atoms with Gasteiger partial charge in [0.1, 0.15) is 0 Å². The van der Waals surface area contributed by atoms with Crippen LogP contribution in [-0.2, 0) is 4.57 Å². The van der Waals surface area contributed by atoms with Crippen LogP contribution in [0.4, 0.5) is 0 Å². The Labute approximate surface area is 83.8 Å². The van der Waals surface area contributed by atoms with Crippen LogP contribution in [0.3, 0.4) is 0 Å². The fourth-order valence-electron chi connectivity index (χ4n) is 1.20. The van der Waals surface area contributed by atoms with Crippen molar-refractivity contribution in [2.75, 3.05) is 0 Å². The first-order valence-corrected chi connectivity index (χ1v) is 5.64. The van der Waals surface area contributed by atoms with Crippen molar-refractivity contribution in [1.29, 1.82) is 0 Å². The SMILES string of the molecule is O=P(O)(O)n1c(=S)oc2ccccc21. The van der Waals surface area contributed by atoms with Crippen LogP contribution in [0.1, 0.15) is 0 Å². The molecule has 2 N–H and O–H groups in total. The van der Waals surface area contributed by atoms with Gasteiger partial charge in [-0.25, -0.2) is 8.90 Å². The van der Waals surface area contributed by atoms with Crippen molar-refractivity contribution in [3.05, 3.63) is 29.1 Å². The number of benzene rings is 1. The third-order valence-electron chi connectivity index (χ3n) is 1.72. The van der Waals surface area contributed by atoms with E-state index in [9.17, 15) is 4.57 Å². The maximum Gasteiger partial charge on any atom is 0.437 e. The molecule has 5 nitrogen and oxygen atoms in total. The lowest BCUT2D eigenvalue weighted by molar-refractivity contribution is 0.359. The predicted molar refractivity (Wildman–Crippen MR) is 52.5 cm³/mol. The number of hydrogen-bond acceptors (Lipinski definition) is 3. The van der Waals surface area contributed by atoms with Gasteiger partial charge in [0.15, 0.2) is 5.58 Å². The van der Waals surface area contributed by atoms with Crippen LogP contribution in [0.25, 0.3) is 11.1 Å². The van der Waals surface area contributed by atoms with Crippen molar-refractivity contribution in [2.24, 2.45) is 0 Å². The normalized spacial score (nSPS) is 12.1. The average molecular weight is 231 g/mol. The topological polar surface area (TPSA) is 75.6 Å². The maximum absolute atomic E-state index is 11.1. The van der Waals surface area contributed by atoms with Gasteiger partial charge in [0.25, 0.3) is 4.84 Å². The Kier molecular flexibility index (Phi) is 2.08. The van der Waals surface area contributed by atoms with Gasteiger partial charge in [0, 0.05) is 0 Å². The molecule has 74 valence electrons. The number of oxazole rings is 1. The van der Waals surface area contributed by atoms with Gasteiger partial charge in [-0.05, 0) is 24.4 Å². The molecule has 0 aliphatic carbocycles. The Balaban J connectivity index is 2.96. The molecule has 0 aliphatic rings. The number of para-hydroxylation sites is 2. The summed E-state index contributed by atoms with van der Waals surface area (Å²) in [6, 6.07) is 6.48. The van der Waals surface area contributed by atoms with Crippen LogP contribution in [0.2, 0.25) is 0 Å². The van der Waals surface area contributed by atoms with Crippen molar-refractivity contribution in [3.63, 3.8) is 0 Å². The molecule has 0 radical (unpaired) electrons. The summed E-state index contributed by atoms with van der Waals surface area (Å²) in [4.78, 5) is 17.8. The Morgan fingerprint density at radius 3 is 2.64 bits per heavy atom. The molecule has 0 aliphatic heterocycles. The largest absolute Gasteiger partial charge is 0.437 e. The lowest BCUT2D eigenvalue weighted by Crippen LogP contribution is -1.93. The third-order valence-corrected chi connectivity index (χ3v) is 3.04. The Morgan fingerprint density at radius 2 is 2.00 bits per heavy atom. The van der Waals surface area contributed by atoms with Crippen LogP contribution in [-0.4, -0.2) is 14.1 Å². The van der Waals surface area contributed by atoms with Crippen molar-refractivity contribution in [3.8, 4) is 0 Å². The summed E-state index contributed by atoms with van der Waals surface area (Å²) in [6.45, 7) is 0. The van der Waals surface area contributed by atoms with E-state index in [1.165, 1.54) is 6.07 Å². The average Bonchev–Trinajstić information content (AvgIpc) is 2.38. The monoisotopic (exact) mass is 231 g/mol. The first-order valence-electron chi connectivity index (χ1n) is 3.67. The summed E-state index contributed by atoms with van der Waals surface area (Å²) in [5.41, 5.74) is 0.659. The van der Waals surface area contributed by atoms with Gasteiger partial charge in [-0.1, -0.05) is 12.1 Å². The Bertz CT molecular complexity index is 581. The van der Waals surface area contributed by atoms with E-state index >= 15 is 0 Å². The lowest BCUT2D eigenvalue weighted by atomic mass is 10.3. The summed E-state index contributed by atoms with van der Waals surface area (Å²) in [5, 5.41) is 0. The molecule has 0 saturated heterocycles. The minimum absolute atomic E-state index is 0.223. The molecule has 0 atom stereocenters. The minimum atomic E-state index is -4.43. The molecular weight excluding hydrogens is 225 g/mol. The highest BCUT2D eigenvalue weighted by Crippen LogP contribution is 2.41. The van der Waals surface area contributed by atoms with Crippen molar-refractivity contribution in [1.82, 2.24) is 4.34 Å². The van der Waals surface area contributed by atoms with Gasteiger partial charge in [0.05, 0.1) is 5.52 Å². The molecule has 1 heterocycles. The van der Waals surface area contributed by atoms with E-state index < -0.39 is 7.75 Å². The molecule has 1 aromatic heterocycles. The summed E-state index contributed by atoms with van der Waals surface area (Å²) in [5.74, 6) is 0. The van der Waals surface area contributed by atoms with Crippen LogP contribution in [0.15, 0.2) is 28.7 Å². The first-order chi connectivity index (χ1) is 6.50. The van der Waals surface area contributed by atoms with E-state index in [0.29, 0.717) is 15.4 Å². The molecule has 14 heavy (non-hydrogen) atoms.